The van der Waals surface area contributed by atoms with Crippen LogP contribution in [-0.4, -0.2) is 31.1 Å². The van der Waals surface area contributed by atoms with Gasteiger partial charge in [-0.3, -0.25) is 4.57 Å². The molecule has 1 aliphatic heterocycles. The molecule has 3 heterocycles. The second-order valence-corrected chi connectivity index (χ2v) is 5.65. The summed E-state index contributed by atoms with van der Waals surface area (Å²) in [5.74, 6) is -1.58. The van der Waals surface area contributed by atoms with Crippen LogP contribution in [0, 0.1) is 0 Å². The van der Waals surface area contributed by atoms with Crippen LogP contribution in [0.15, 0.2) is 18.5 Å². The molecule has 114 valence electrons. The molecule has 0 aromatic carbocycles. The van der Waals surface area contributed by atoms with Crippen molar-refractivity contribution in [1.29, 1.82) is 0 Å². The Labute approximate surface area is 125 Å². The summed E-state index contributed by atoms with van der Waals surface area (Å²) in [7, 11) is 0. The van der Waals surface area contributed by atoms with Gasteiger partial charge in [0.05, 0.1) is 0 Å². The predicted octanol–water partition coefficient (Wildman–Crippen LogP) is 1.81. The van der Waals surface area contributed by atoms with Crippen LogP contribution in [0.5, 0.6) is 0 Å². The van der Waals surface area contributed by atoms with Crippen molar-refractivity contribution in [3.8, 4) is 0 Å². The van der Waals surface area contributed by atoms with Crippen LogP contribution in [0.1, 0.15) is 32.1 Å². The minimum atomic E-state index is -0.924. The lowest BCUT2D eigenvalue weighted by Gasteiger charge is -2.34. The molecule has 0 bridgehead atoms. The van der Waals surface area contributed by atoms with E-state index < -0.39 is 17.4 Å². The van der Waals surface area contributed by atoms with Gasteiger partial charge in [0.2, 0.25) is 5.83 Å². The first-order chi connectivity index (χ1) is 10.6. The van der Waals surface area contributed by atoms with Gasteiger partial charge >= 0.3 is 5.97 Å². The Morgan fingerprint density at radius 2 is 2.00 bits per heavy atom. The lowest BCUT2D eigenvalue weighted by molar-refractivity contribution is -0.149. The molecule has 2 aliphatic rings. The fraction of sp³-hybridized carbons (Fsp3) is 0.429. The van der Waals surface area contributed by atoms with Crippen molar-refractivity contribution in [2.75, 3.05) is 5.73 Å². The number of nitrogens with zero attached hydrogens (tertiary/aromatic N) is 4. The van der Waals surface area contributed by atoms with Crippen LogP contribution in [0.4, 0.5) is 10.2 Å². The number of ether oxygens (including phenoxy) is 1. The van der Waals surface area contributed by atoms with Crippen molar-refractivity contribution in [3.63, 3.8) is 0 Å². The number of esters is 1. The summed E-state index contributed by atoms with van der Waals surface area (Å²) in [5, 5.41) is 0. The van der Waals surface area contributed by atoms with Crippen molar-refractivity contribution in [2.45, 2.75) is 37.7 Å². The quantitative estimate of drug-likeness (QED) is 0.807. The topological polar surface area (TPSA) is 95.9 Å². The number of hydrogen-bond acceptors (Lipinski definition) is 6. The molecule has 2 N–H and O–H groups in total. The first-order valence-corrected chi connectivity index (χ1v) is 7.20. The molecule has 8 heteroatoms. The minimum Gasteiger partial charge on any atom is -0.447 e. The van der Waals surface area contributed by atoms with Crippen LogP contribution in [0.2, 0.25) is 0 Å². The van der Waals surface area contributed by atoms with E-state index in [4.69, 9.17) is 10.5 Å². The summed E-state index contributed by atoms with van der Waals surface area (Å²) < 4.78 is 21.4. The van der Waals surface area contributed by atoms with E-state index in [1.165, 1.54) is 17.2 Å². The van der Waals surface area contributed by atoms with Gasteiger partial charge in [-0.1, -0.05) is 6.42 Å². The Morgan fingerprint density at radius 3 is 2.77 bits per heavy atom. The largest absolute Gasteiger partial charge is 0.447 e. The molecular formula is C14H14FN5O2. The molecule has 7 nitrogen and oxygen atoms in total. The predicted molar refractivity (Wildman–Crippen MR) is 76.0 cm³/mol. The van der Waals surface area contributed by atoms with Gasteiger partial charge in [-0.2, -0.15) is 4.39 Å². The average molecular weight is 303 g/mol. The maximum atomic E-state index is 14.5. The van der Waals surface area contributed by atoms with Crippen molar-refractivity contribution >= 4 is 28.6 Å². The number of halogens is 1. The SMILES string of the molecule is Nc1ncnc2c1ncn2C1=C(F)C(=O)OC12CCCCC2. The highest BCUT2D eigenvalue weighted by Crippen LogP contribution is 2.47. The van der Waals surface area contributed by atoms with Gasteiger partial charge in [0, 0.05) is 0 Å². The summed E-state index contributed by atoms with van der Waals surface area (Å²) >= 11 is 0. The van der Waals surface area contributed by atoms with E-state index in [1.807, 2.05) is 0 Å². The van der Waals surface area contributed by atoms with Gasteiger partial charge in [-0.05, 0) is 25.7 Å². The number of hydrogen-bond donors (Lipinski definition) is 1. The van der Waals surface area contributed by atoms with Crippen LogP contribution in [-0.2, 0) is 9.53 Å². The second-order valence-electron chi connectivity index (χ2n) is 5.65. The first-order valence-electron chi connectivity index (χ1n) is 7.20. The second kappa shape index (κ2) is 4.49. The molecule has 1 spiro atoms. The summed E-state index contributed by atoms with van der Waals surface area (Å²) in [5.41, 5.74) is 5.79. The number of carbonyl (C=O) groups is 1. The number of carbonyl (C=O) groups excluding carboxylic acids is 1. The van der Waals surface area contributed by atoms with Crippen molar-refractivity contribution in [3.05, 3.63) is 18.5 Å². The molecule has 2 aromatic heterocycles. The lowest BCUT2D eigenvalue weighted by Crippen LogP contribution is -2.35. The van der Waals surface area contributed by atoms with Crippen molar-refractivity contribution < 1.29 is 13.9 Å². The molecular weight excluding hydrogens is 289 g/mol. The standard InChI is InChI=1S/C14H14FN5O2/c15-8-10(14(22-13(8)21)4-2-1-3-5-14)20-7-19-9-11(16)17-6-18-12(9)20/h6-7H,1-5H2,(H2,16,17,18). The van der Waals surface area contributed by atoms with Gasteiger partial charge < -0.3 is 10.5 Å². The van der Waals surface area contributed by atoms with E-state index in [2.05, 4.69) is 15.0 Å². The Bertz CT molecular complexity index is 807. The summed E-state index contributed by atoms with van der Waals surface area (Å²) in [6, 6.07) is 0. The number of aromatic nitrogens is 4. The number of anilines is 1. The smallest absolute Gasteiger partial charge is 0.370 e. The number of fused-ring (bicyclic) bond motifs is 1. The summed E-state index contributed by atoms with van der Waals surface area (Å²) in [6.07, 6.45) is 6.72. The van der Waals surface area contributed by atoms with Gasteiger partial charge in [0.1, 0.15) is 18.4 Å². The van der Waals surface area contributed by atoms with Crippen LogP contribution < -0.4 is 5.73 Å². The minimum absolute atomic E-state index is 0.192. The zero-order valence-corrected chi connectivity index (χ0v) is 11.8. The number of nitrogens with two attached hydrogens (primary N) is 1. The molecule has 22 heavy (non-hydrogen) atoms. The lowest BCUT2D eigenvalue weighted by atomic mass is 9.82. The zero-order chi connectivity index (χ0) is 15.3. The summed E-state index contributed by atoms with van der Waals surface area (Å²) in [6.45, 7) is 0. The van der Waals surface area contributed by atoms with E-state index >= 15 is 0 Å². The highest BCUT2D eigenvalue weighted by atomic mass is 19.1. The first kappa shape index (κ1) is 13.2. The molecule has 1 aliphatic carbocycles. The normalized spacial score (nSPS) is 20.9. The zero-order valence-electron chi connectivity index (χ0n) is 11.8. The fourth-order valence-electron chi connectivity index (χ4n) is 3.37. The van der Waals surface area contributed by atoms with Crippen molar-refractivity contribution in [1.82, 2.24) is 19.5 Å². The molecule has 0 atom stereocenters. The molecule has 4 rings (SSSR count). The monoisotopic (exact) mass is 303 g/mol. The van der Waals surface area contributed by atoms with E-state index in [-0.39, 0.29) is 11.5 Å². The van der Waals surface area contributed by atoms with E-state index in [0.29, 0.717) is 24.0 Å². The number of imidazole rings is 1. The molecule has 2 aromatic rings. The van der Waals surface area contributed by atoms with E-state index in [1.54, 1.807) is 0 Å². The molecule has 0 amide bonds. The highest BCUT2D eigenvalue weighted by Gasteiger charge is 2.50. The molecule has 0 unspecified atom stereocenters. The van der Waals surface area contributed by atoms with Crippen LogP contribution >= 0.6 is 0 Å². The third kappa shape index (κ3) is 1.66. The molecule has 0 saturated heterocycles. The van der Waals surface area contributed by atoms with Gasteiger partial charge in [0.25, 0.3) is 0 Å². The molecule has 1 saturated carbocycles. The number of nitrogen functional groups attached to an aromatic ring is 1. The van der Waals surface area contributed by atoms with Gasteiger partial charge in [-0.15, -0.1) is 0 Å². The maximum Gasteiger partial charge on any atom is 0.370 e. The Kier molecular flexibility index (Phi) is 2.69. The van der Waals surface area contributed by atoms with Crippen LogP contribution in [0.25, 0.3) is 16.9 Å². The average Bonchev–Trinajstić information content (AvgIpc) is 3.02. The number of rotatable bonds is 1. The van der Waals surface area contributed by atoms with Gasteiger partial charge in [-0.25, -0.2) is 19.7 Å². The summed E-state index contributed by atoms with van der Waals surface area (Å²) in [4.78, 5) is 23.9. The van der Waals surface area contributed by atoms with E-state index in [9.17, 15) is 9.18 Å². The third-order valence-corrected chi connectivity index (χ3v) is 4.37. The van der Waals surface area contributed by atoms with Gasteiger partial charge in [0.15, 0.2) is 22.6 Å². The van der Waals surface area contributed by atoms with Crippen molar-refractivity contribution in [2.24, 2.45) is 0 Å². The Balaban J connectivity index is 1.94. The Hall–Kier alpha value is -2.51. The highest BCUT2D eigenvalue weighted by molar-refractivity contribution is 6.00. The van der Waals surface area contributed by atoms with E-state index in [0.717, 1.165) is 19.3 Å². The van der Waals surface area contributed by atoms with Crippen LogP contribution in [0.3, 0.4) is 0 Å². The maximum absolute atomic E-state index is 14.5. The molecule has 1 fully saturated rings. The fourth-order valence-corrected chi connectivity index (χ4v) is 3.37. The third-order valence-electron chi connectivity index (χ3n) is 4.37. The molecule has 0 radical (unpaired) electrons. The Morgan fingerprint density at radius 1 is 1.23 bits per heavy atom.